The molecule has 0 radical (unpaired) electrons. The summed E-state index contributed by atoms with van der Waals surface area (Å²) in [5.41, 5.74) is 1.27. The van der Waals surface area contributed by atoms with Crippen LogP contribution in [0.25, 0.3) is 17.0 Å². The molecule has 0 aliphatic rings. The lowest BCUT2D eigenvalue weighted by Crippen LogP contribution is -1.90. The van der Waals surface area contributed by atoms with Crippen molar-refractivity contribution in [2.45, 2.75) is 0 Å². The third kappa shape index (κ3) is 3.30. The number of non-ortho nitro benzene ring substituents is 1. The minimum atomic E-state index is -0.474. The Morgan fingerprint density at radius 2 is 1.87 bits per heavy atom. The van der Waals surface area contributed by atoms with E-state index in [4.69, 9.17) is 16.0 Å². The van der Waals surface area contributed by atoms with Crippen LogP contribution in [0.3, 0.4) is 0 Å². The Labute approximate surface area is 135 Å². The molecule has 0 bridgehead atoms. The highest BCUT2D eigenvalue weighted by Crippen LogP contribution is 2.23. The predicted molar refractivity (Wildman–Crippen MR) is 87.7 cm³/mol. The van der Waals surface area contributed by atoms with Crippen molar-refractivity contribution in [3.05, 3.63) is 81.1 Å². The molecule has 5 nitrogen and oxygen atoms in total. The fraction of sp³-hybridized carbons (Fsp3) is 0. The van der Waals surface area contributed by atoms with E-state index in [0.717, 1.165) is 5.39 Å². The molecule has 0 saturated carbocycles. The zero-order valence-electron chi connectivity index (χ0n) is 11.7. The molecule has 6 heteroatoms. The number of rotatable bonds is 4. The Morgan fingerprint density at radius 1 is 1.13 bits per heavy atom. The molecule has 0 unspecified atom stereocenters. The van der Waals surface area contributed by atoms with Crippen molar-refractivity contribution in [2.75, 3.05) is 0 Å². The molecule has 23 heavy (non-hydrogen) atoms. The summed E-state index contributed by atoms with van der Waals surface area (Å²) < 4.78 is 5.48. The van der Waals surface area contributed by atoms with Crippen molar-refractivity contribution in [1.29, 1.82) is 0 Å². The van der Waals surface area contributed by atoms with E-state index in [1.807, 2.05) is 0 Å². The van der Waals surface area contributed by atoms with Gasteiger partial charge in [0.1, 0.15) is 5.58 Å². The molecule has 0 spiro atoms. The maximum Gasteiger partial charge on any atom is 0.269 e. The van der Waals surface area contributed by atoms with E-state index in [0.29, 0.717) is 16.2 Å². The fourth-order valence-corrected chi connectivity index (χ4v) is 2.28. The molecule has 0 amide bonds. The van der Waals surface area contributed by atoms with Gasteiger partial charge in [-0.15, -0.1) is 0 Å². The number of hydrogen-bond donors (Lipinski definition) is 0. The maximum atomic E-state index is 12.1. The largest absolute Gasteiger partial charge is 0.453 e. The van der Waals surface area contributed by atoms with E-state index < -0.39 is 4.92 Å². The van der Waals surface area contributed by atoms with Crippen LogP contribution in [-0.4, -0.2) is 10.7 Å². The highest BCUT2D eigenvalue weighted by atomic mass is 35.5. The van der Waals surface area contributed by atoms with Crippen molar-refractivity contribution in [2.24, 2.45) is 0 Å². The summed E-state index contributed by atoms with van der Waals surface area (Å²) in [7, 11) is 0. The van der Waals surface area contributed by atoms with Crippen LogP contribution in [0.2, 0.25) is 5.02 Å². The summed E-state index contributed by atoms with van der Waals surface area (Å²) in [4.78, 5) is 22.2. The second-order valence-electron chi connectivity index (χ2n) is 4.84. The lowest BCUT2D eigenvalue weighted by molar-refractivity contribution is -0.384. The second kappa shape index (κ2) is 6.06. The second-order valence-corrected chi connectivity index (χ2v) is 5.28. The van der Waals surface area contributed by atoms with Gasteiger partial charge < -0.3 is 4.42 Å². The molecule has 3 rings (SSSR count). The van der Waals surface area contributed by atoms with Gasteiger partial charge in [0.2, 0.25) is 5.78 Å². The van der Waals surface area contributed by atoms with Crippen LogP contribution in [-0.2, 0) is 0 Å². The number of fused-ring (bicyclic) bond motifs is 1. The quantitative estimate of drug-likeness (QED) is 0.296. The predicted octanol–water partition coefficient (Wildman–Crippen LogP) is 4.89. The highest BCUT2D eigenvalue weighted by Gasteiger charge is 2.10. The number of nitro benzene ring substituents is 1. The van der Waals surface area contributed by atoms with Gasteiger partial charge in [0.15, 0.2) is 5.76 Å². The number of furan rings is 1. The summed E-state index contributed by atoms with van der Waals surface area (Å²) >= 11 is 5.90. The van der Waals surface area contributed by atoms with Gasteiger partial charge in [-0.2, -0.15) is 0 Å². The summed E-state index contributed by atoms with van der Waals surface area (Å²) in [6.45, 7) is 0. The number of nitro groups is 1. The zero-order valence-corrected chi connectivity index (χ0v) is 12.5. The standard InChI is InChI=1S/C17H10ClNO4/c18-13-4-8-16-12(9-13)10-17(23-16)15(20)7-3-11-1-5-14(6-2-11)19(21)22/h1-10H/b7-3+. The number of halogens is 1. The average molecular weight is 328 g/mol. The van der Waals surface area contributed by atoms with Crippen LogP contribution in [0.15, 0.2) is 59.0 Å². The number of carbonyl (C=O) groups is 1. The van der Waals surface area contributed by atoms with Crippen LogP contribution in [0.4, 0.5) is 5.69 Å². The van der Waals surface area contributed by atoms with Gasteiger partial charge in [-0.05, 0) is 48.0 Å². The minimum Gasteiger partial charge on any atom is -0.453 e. The van der Waals surface area contributed by atoms with Crippen molar-refractivity contribution in [3.63, 3.8) is 0 Å². The molecule has 0 atom stereocenters. The van der Waals surface area contributed by atoms with E-state index in [2.05, 4.69) is 0 Å². The molecule has 3 aromatic rings. The van der Waals surface area contributed by atoms with E-state index in [-0.39, 0.29) is 17.2 Å². The molecule has 1 aromatic heterocycles. The smallest absolute Gasteiger partial charge is 0.269 e. The first-order valence-corrected chi connectivity index (χ1v) is 7.07. The maximum absolute atomic E-state index is 12.1. The minimum absolute atomic E-state index is 0.00244. The van der Waals surface area contributed by atoms with Crippen molar-refractivity contribution < 1.29 is 14.1 Å². The van der Waals surface area contributed by atoms with Gasteiger partial charge in [-0.3, -0.25) is 14.9 Å². The van der Waals surface area contributed by atoms with Gasteiger partial charge in [0.25, 0.3) is 5.69 Å². The molecular formula is C17H10ClNO4. The van der Waals surface area contributed by atoms with Crippen molar-refractivity contribution in [1.82, 2.24) is 0 Å². The molecule has 114 valence electrons. The Bertz CT molecular complexity index is 925. The topological polar surface area (TPSA) is 73.3 Å². The van der Waals surface area contributed by atoms with E-state index in [1.54, 1.807) is 42.5 Å². The average Bonchev–Trinajstić information content (AvgIpc) is 2.96. The van der Waals surface area contributed by atoms with Gasteiger partial charge in [0.05, 0.1) is 4.92 Å². The van der Waals surface area contributed by atoms with Gasteiger partial charge >= 0.3 is 0 Å². The van der Waals surface area contributed by atoms with Gasteiger partial charge in [-0.25, -0.2) is 0 Å². The summed E-state index contributed by atoms with van der Waals surface area (Å²) in [6.07, 6.45) is 2.94. The van der Waals surface area contributed by atoms with Crippen LogP contribution in [0, 0.1) is 10.1 Å². The monoisotopic (exact) mass is 327 g/mol. The number of hydrogen-bond acceptors (Lipinski definition) is 4. The third-order valence-corrected chi connectivity index (χ3v) is 3.49. The number of allylic oxidation sites excluding steroid dienone is 1. The first-order chi connectivity index (χ1) is 11.0. The number of benzene rings is 2. The van der Waals surface area contributed by atoms with Gasteiger partial charge in [0, 0.05) is 22.5 Å². The third-order valence-electron chi connectivity index (χ3n) is 3.25. The molecule has 0 fully saturated rings. The molecule has 0 N–H and O–H groups in total. The number of carbonyl (C=O) groups excluding carboxylic acids is 1. The number of nitrogens with zero attached hydrogens (tertiary/aromatic N) is 1. The molecule has 0 saturated heterocycles. The summed E-state index contributed by atoms with van der Waals surface area (Å²) in [6, 6.07) is 12.6. The Balaban J connectivity index is 1.80. The molecule has 0 aliphatic heterocycles. The Morgan fingerprint density at radius 3 is 2.57 bits per heavy atom. The van der Waals surface area contributed by atoms with Crippen LogP contribution >= 0.6 is 11.6 Å². The molecule has 1 heterocycles. The molecular weight excluding hydrogens is 318 g/mol. The highest BCUT2D eigenvalue weighted by molar-refractivity contribution is 6.31. The van der Waals surface area contributed by atoms with E-state index in [9.17, 15) is 14.9 Å². The lowest BCUT2D eigenvalue weighted by atomic mass is 10.1. The first-order valence-electron chi connectivity index (χ1n) is 6.69. The van der Waals surface area contributed by atoms with Crippen LogP contribution in [0.5, 0.6) is 0 Å². The Kier molecular flexibility index (Phi) is 3.95. The van der Waals surface area contributed by atoms with Crippen LogP contribution < -0.4 is 0 Å². The van der Waals surface area contributed by atoms with Crippen molar-refractivity contribution in [3.8, 4) is 0 Å². The zero-order chi connectivity index (χ0) is 16.4. The van der Waals surface area contributed by atoms with Crippen molar-refractivity contribution >= 4 is 40.1 Å². The fourth-order valence-electron chi connectivity index (χ4n) is 2.10. The Hall–Kier alpha value is -2.92. The van der Waals surface area contributed by atoms with E-state index in [1.165, 1.54) is 18.2 Å². The first kappa shape index (κ1) is 15.0. The SMILES string of the molecule is O=C(/C=C/c1ccc([N+](=O)[O-])cc1)c1cc2cc(Cl)ccc2o1. The number of ketones is 1. The van der Waals surface area contributed by atoms with Gasteiger partial charge in [-0.1, -0.05) is 17.7 Å². The molecule has 2 aromatic carbocycles. The lowest BCUT2D eigenvalue weighted by Gasteiger charge is -1.93. The van der Waals surface area contributed by atoms with E-state index >= 15 is 0 Å². The van der Waals surface area contributed by atoms with Crippen LogP contribution in [0.1, 0.15) is 16.1 Å². The summed E-state index contributed by atoms with van der Waals surface area (Å²) in [5.74, 6) is -0.0869. The molecule has 0 aliphatic carbocycles. The summed E-state index contributed by atoms with van der Waals surface area (Å²) in [5, 5.41) is 11.9. The normalized spacial score (nSPS) is 11.2.